The van der Waals surface area contributed by atoms with E-state index in [9.17, 15) is 0 Å². The summed E-state index contributed by atoms with van der Waals surface area (Å²) in [5.41, 5.74) is 4.35. The highest BCUT2D eigenvalue weighted by Gasteiger charge is 2.15. The normalized spacial score (nSPS) is 14.7. The molecule has 0 unspecified atom stereocenters. The Morgan fingerprint density at radius 2 is 1.72 bits per heavy atom. The number of nitrogens with zero attached hydrogens (tertiary/aromatic N) is 3. The Hall–Kier alpha value is -2.55. The van der Waals surface area contributed by atoms with Crippen molar-refractivity contribution in [1.29, 1.82) is 0 Å². The van der Waals surface area contributed by atoms with Crippen molar-refractivity contribution < 1.29 is 4.42 Å². The van der Waals surface area contributed by atoms with Gasteiger partial charge in [-0.25, -0.2) is 4.98 Å². The lowest BCUT2D eigenvalue weighted by Crippen LogP contribution is -2.36. The van der Waals surface area contributed by atoms with Crippen LogP contribution in [0.3, 0.4) is 0 Å². The maximum atomic E-state index is 5.60. The number of hydrogen-bond acceptors (Lipinski definition) is 4. The maximum Gasteiger partial charge on any atom is 0.226 e. The lowest BCUT2D eigenvalue weighted by molar-refractivity contribution is 0.438. The molecule has 6 nitrogen and oxygen atoms in total. The molecule has 1 saturated heterocycles. The zero-order valence-corrected chi connectivity index (χ0v) is 21.1. The molecule has 2 N–H and O–H groups in total. The van der Waals surface area contributed by atoms with Crippen LogP contribution in [0, 0.1) is 5.92 Å². The minimum atomic E-state index is 0. The van der Waals surface area contributed by atoms with Crippen molar-refractivity contribution in [2.24, 2.45) is 10.9 Å². The van der Waals surface area contributed by atoms with Crippen LogP contribution < -0.4 is 15.5 Å². The van der Waals surface area contributed by atoms with Gasteiger partial charge < -0.3 is 20.0 Å². The summed E-state index contributed by atoms with van der Waals surface area (Å²) in [5.74, 6) is 2.21. The summed E-state index contributed by atoms with van der Waals surface area (Å²) < 4.78 is 5.60. The number of oxazole rings is 1. The number of guanidine groups is 1. The van der Waals surface area contributed by atoms with Crippen molar-refractivity contribution in [2.45, 2.75) is 32.9 Å². The summed E-state index contributed by atoms with van der Waals surface area (Å²) in [6.45, 7) is 5.91. The highest BCUT2D eigenvalue weighted by Crippen LogP contribution is 2.23. The van der Waals surface area contributed by atoms with Crippen LogP contribution in [0.15, 0.2) is 70.3 Å². The van der Waals surface area contributed by atoms with E-state index in [4.69, 9.17) is 4.42 Å². The average molecular weight is 545 g/mol. The first kappa shape index (κ1) is 24.1. The minimum Gasteiger partial charge on any atom is -0.444 e. The number of piperidine rings is 1. The summed E-state index contributed by atoms with van der Waals surface area (Å²) in [4.78, 5) is 11.3. The van der Waals surface area contributed by atoms with Gasteiger partial charge in [-0.15, -0.1) is 24.0 Å². The molecule has 0 radical (unpaired) electrons. The Morgan fingerprint density at radius 1 is 1.03 bits per heavy atom. The van der Waals surface area contributed by atoms with Crippen molar-refractivity contribution in [3.63, 3.8) is 0 Å². The lowest BCUT2D eigenvalue weighted by Gasteiger charge is -2.32. The van der Waals surface area contributed by atoms with Gasteiger partial charge in [-0.1, -0.05) is 37.3 Å². The summed E-state index contributed by atoms with van der Waals surface area (Å²) >= 11 is 0. The molecule has 0 spiro atoms. The molecule has 0 amide bonds. The second-order valence-electron chi connectivity index (χ2n) is 8.13. The van der Waals surface area contributed by atoms with Crippen molar-refractivity contribution in [2.75, 3.05) is 25.0 Å². The fraction of sp³-hybridized carbons (Fsp3) is 0.360. The van der Waals surface area contributed by atoms with Crippen LogP contribution in [0.25, 0.3) is 11.5 Å². The van der Waals surface area contributed by atoms with Gasteiger partial charge in [-0.05, 0) is 48.6 Å². The van der Waals surface area contributed by atoms with E-state index >= 15 is 0 Å². The third-order valence-corrected chi connectivity index (χ3v) is 5.78. The topological polar surface area (TPSA) is 65.7 Å². The molecule has 170 valence electrons. The Kier molecular flexibility index (Phi) is 8.96. The molecule has 2 heterocycles. The number of hydrogen-bond donors (Lipinski definition) is 2. The van der Waals surface area contributed by atoms with Crippen LogP contribution >= 0.6 is 24.0 Å². The number of aromatic nitrogens is 1. The molecule has 0 aliphatic carbocycles. The molecule has 3 aromatic rings. The molecule has 7 heteroatoms. The minimum absolute atomic E-state index is 0. The van der Waals surface area contributed by atoms with E-state index in [0.717, 1.165) is 36.2 Å². The molecule has 0 bridgehead atoms. The molecule has 2 aromatic carbocycles. The molecule has 32 heavy (non-hydrogen) atoms. The smallest absolute Gasteiger partial charge is 0.226 e. The number of benzene rings is 2. The van der Waals surface area contributed by atoms with Crippen LogP contribution in [-0.4, -0.2) is 31.1 Å². The Bertz CT molecular complexity index is 979. The molecule has 1 aromatic heterocycles. The van der Waals surface area contributed by atoms with Gasteiger partial charge in [0.15, 0.2) is 5.96 Å². The van der Waals surface area contributed by atoms with Gasteiger partial charge >= 0.3 is 0 Å². The van der Waals surface area contributed by atoms with Crippen LogP contribution in [-0.2, 0) is 13.1 Å². The first-order valence-electron chi connectivity index (χ1n) is 11.0. The van der Waals surface area contributed by atoms with Crippen LogP contribution in [0.4, 0.5) is 5.69 Å². The number of rotatable bonds is 6. The van der Waals surface area contributed by atoms with Gasteiger partial charge in [-0.2, -0.15) is 0 Å². The van der Waals surface area contributed by atoms with Gasteiger partial charge in [0, 0.05) is 37.9 Å². The summed E-state index contributed by atoms with van der Waals surface area (Å²) in [6, 6.07) is 18.7. The van der Waals surface area contributed by atoms with E-state index < -0.39 is 0 Å². The third-order valence-electron chi connectivity index (χ3n) is 5.78. The fourth-order valence-electron chi connectivity index (χ4n) is 3.77. The number of anilines is 1. The first-order valence-corrected chi connectivity index (χ1v) is 11.0. The van der Waals surface area contributed by atoms with Gasteiger partial charge in [0.25, 0.3) is 0 Å². The molecule has 4 rings (SSSR count). The Morgan fingerprint density at radius 3 is 2.41 bits per heavy atom. The third kappa shape index (κ3) is 6.48. The first-order chi connectivity index (χ1) is 15.2. The standard InChI is InChI=1S/C25H31N5O.HI/c1-19-12-14-30(15-13-19)23-10-8-20(9-11-23)16-27-25(26-2)28-17-22-18-31-24(29-22)21-6-4-3-5-7-21;/h3-11,18-19H,12-17H2,1-2H3,(H2,26,27,28);1H. The zero-order valence-electron chi connectivity index (χ0n) is 18.8. The van der Waals surface area contributed by atoms with E-state index in [1.807, 2.05) is 30.3 Å². The van der Waals surface area contributed by atoms with Crippen molar-refractivity contribution in [3.8, 4) is 11.5 Å². The van der Waals surface area contributed by atoms with E-state index in [0.29, 0.717) is 19.0 Å². The molecule has 1 aliphatic heterocycles. The maximum absolute atomic E-state index is 5.60. The van der Waals surface area contributed by atoms with E-state index in [-0.39, 0.29) is 24.0 Å². The second kappa shape index (κ2) is 11.9. The quantitative estimate of drug-likeness (QED) is 0.258. The average Bonchev–Trinajstić information content (AvgIpc) is 3.30. The fourth-order valence-corrected chi connectivity index (χ4v) is 3.77. The van der Waals surface area contributed by atoms with E-state index in [2.05, 4.69) is 56.7 Å². The highest BCUT2D eigenvalue weighted by molar-refractivity contribution is 14.0. The Balaban J connectivity index is 0.00000289. The van der Waals surface area contributed by atoms with Gasteiger partial charge in [0.05, 0.1) is 12.2 Å². The molecule has 0 saturated carbocycles. The largest absolute Gasteiger partial charge is 0.444 e. The predicted octanol–water partition coefficient (Wildman–Crippen LogP) is 5.06. The van der Waals surface area contributed by atoms with E-state index in [1.54, 1.807) is 13.3 Å². The molecule has 1 aliphatic rings. The van der Waals surface area contributed by atoms with Crippen LogP contribution in [0.2, 0.25) is 0 Å². The van der Waals surface area contributed by atoms with Gasteiger partial charge in [0.1, 0.15) is 6.26 Å². The van der Waals surface area contributed by atoms with Crippen LogP contribution in [0.1, 0.15) is 31.0 Å². The number of nitrogens with one attached hydrogen (secondary N) is 2. The highest BCUT2D eigenvalue weighted by atomic mass is 127. The second-order valence-corrected chi connectivity index (χ2v) is 8.13. The zero-order chi connectivity index (χ0) is 21.5. The molecular formula is C25H32IN5O. The van der Waals surface area contributed by atoms with Crippen molar-refractivity contribution in [3.05, 3.63) is 72.1 Å². The van der Waals surface area contributed by atoms with Crippen molar-refractivity contribution in [1.82, 2.24) is 15.6 Å². The monoisotopic (exact) mass is 545 g/mol. The summed E-state index contributed by atoms with van der Waals surface area (Å²) in [7, 11) is 1.77. The van der Waals surface area contributed by atoms with Gasteiger partial charge in [-0.3, -0.25) is 4.99 Å². The number of aliphatic imine (C=N–C) groups is 1. The lowest BCUT2D eigenvalue weighted by atomic mass is 9.99. The van der Waals surface area contributed by atoms with Gasteiger partial charge in [0.2, 0.25) is 5.89 Å². The summed E-state index contributed by atoms with van der Waals surface area (Å²) in [6.07, 6.45) is 4.25. The summed E-state index contributed by atoms with van der Waals surface area (Å²) in [5, 5.41) is 6.66. The Labute approximate surface area is 207 Å². The predicted molar refractivity (Wildman–Crippen MR) is 141 cm³/mol. The van der Waals surface area contributed by atoms with Crippen molar-refractivity contribution >= 4 is 35.6 Å². The number of halogens is 1. The molecular weight excluding hydrogens is 513 g/mol. The molecule has 0 atom stereocenters. The van der Waals surface area contributed by atoms with E-state index in [1.165, 1.54) is 24.1 Å². The molecule has 1 fully saturated rings. The van der Waals surface area contributed by atoms with Crippen LogP contribution in [0.5, 0.6) is 0 Å². The SMILES string of the molecule is CN=C(NCc1ccc(N2CCC(C)CC2)cc1)NCc1coc(-c2ccccc2)n1.I.